The van der Waals surface area contributed by atoms with Crippen molar-refractivity contribution >= 4 is 5.97 Å². The van der Waals surface area contributed by atoms with E-state index < -0.39 is 5.97 Å². The number of carbonyl (C=O) groups is 1. The lowest BCUT2D eigenvalue weighted by Gasteiger charge is -2.39. The maximum absolute atomic E-state index is 10.9. The van der Waals surface area contributed by atoms with Crippen molar-refractivity contribution in [2.45, 2.75) is 45.1 Å². The highest BCUT2D eigenvalue weighted by atomic mass is 16.4. The van der Waals surface area contributed by atoms with Gasteiger partial charge >= 0.3 is 5.97 Å². The minimum atomic E-state index is -0.659. The molecule has 0 amide bonds. The monoisotopic (exact) mass is 287 g/mol. The number of aliphatic carboxylic acids is 1. The normalized spacial score (nSPS) is 24.7. The molecule has 1 saturated heterocycles. The summed E-state index contributed by atoms with van der Waals surface area (Å²) in [6.45, 7) is 4.35. The molecule has 2 unspecified atom stereocenters. The number of fused-ring (bicyclic) bond motifs is 1. The number of likely N-dealkylation sites (tertiary alicyclic amines) is 1. The van der Waals surface area contributed by atoms with Crippen molar-refractivity contribution in [1.82, 2.24) is 4.90 Å². The summed E-state index contributed by atoms with van der Waals surface area (Å²) in [7, 11) is 0. The largest absolute Gasteiger partial charge is 0.481 e. The average molecular weight is 287 g/mol. The van der Waals surface area contributed by atoms with Crippen molar-refractivity contribution in [3.05, 3.63) is 35.4 Å². The van der Waals surface area contributed by atoms with E-state index in [0.29, 0.717) is 18.4 Å². The van der Waals surface area contributed by atoms with Crippen LogP contribution in [0.5, 0.6) is 0 Å². The molecule has 0 bridgehead atoms. The van der Waals surface area contributed by atoms with Crippen molar-refractivity contribution < 1.29 is 9.90 Å². The second-order valence-corrected chi connectivity index (χ2v) is 6.80. The van der Waals surface area contributed by atoms with E-state index in [0.717, 1.165) is 19.4 Å². The Kier molecular flexibility index (Phi) is 4.29. The minimum absolute atomic E-state index is 0.286. The summed E-state index contributed by atoms with van der Waals surface area (Å²) in [5.74, 6) is 0.167. The summed E-state index contributed by atoms with van der Waals surface area (Å²) < 4.78 is 0. The Morgan fingerprint density at radius 1 is 1.33 bits per heavy atom. The lowest BCUT2D eigenvalue weighted by molar-refractivity contribution is -0.138. The Morgan fingerprint density at radius 2 is 2.00 bits per heavy atom. The molecule has 1 aliphatic carbocycles. The molecule has 3 nitrogen and oxygen atoms in total. The molecular weight excluding hydrogens is 262 g/mol. The van der Waals surface area contributed by atoms with E-state index in [1.807, 2.05) is 0 Å². The molecule has 2 atom stereocenters. The first kappa shape index (κ1) is 14.6. The first-order chi connectivity index (χ1) is 10.1. The predicted octanol–water partition coefficient (Wildman–Crippen LogP) is 2.98. The van der Waals surface area contributed by atoms with E-state index >= 15 is 0 Å². The van der Waals surface area contributed by atoms with E-state index in [9.17, 15) is 4.79 Å². The molecule has 0 radical (unpaired) electrons. The maximum Gasteiger partial charge on any atom is 0.303 e. The van der Waals surface area contributed by atoms with Gasteiger partial charge in [-0.15, -0.1) is 0 Å². The van der Waals surface area contributed by atoms with Gasteiger partial charge in [0.2, 0.25) is 0 Å². The average Bonchev–Trinajstić information content (AvgIpc) is 2.90. The topological polar surface area (TPSA) is 40.5 Å². The summed E-state index contributed by atoms with van der Waals surface area (Å²) in [6, 6.07) is 9.40. The fourth-order valence-electron chi connectivity index (χ4n) is 4.07. The summed E-state index contributed by atoms with van der Waals surface area (Å²) in [5.41, 5.74) is 3.01. The van der Waals surface area contributed by atoms with Gasteiger partial charge in [0.1, 0.15) is 0 Å². The van der Waals surface area contributed by atoms with E-state index in [2.05, 4.69) is 36.1 Å². The Bertz CT molecular complexity index is 489. The molecule has 0 saturated carbocycles. The molecule has 1 aliphatic heterocycles. The standard InChI is InChI=1S/C18H25NO2/c1-13(9-18(20)21)16-7-4-8-19(12-16)17-10-14-5-2-3-6-15(14)11-17/h2-3,5-6,13,16-17H,4,7-12H2,1H3,(H,20,21). The third kappa shape index (κ3) is 3.29. The lowest BCUT2D eigenvalue weighted by atomic mass is 9.84. The molecule has 1 fully saturated rings. The van der Waals surface area contributed by atoms with Crippen molar-refractivity contribution in [3.63, 3.8) is 0 Å². The number of piperidine rings is 1. The predicted molar refractivity (Wildman–Crippen MR) is 83.4 cm³/mol. The van der Waals surface area contributed by atoms with Gasteiger partial charge in [-0.05, 0) is 55.2 Å². The summed E-state index contributed by atoms with van der Waals surface area (Å²) >= 11 is 0. The van der Waals surface area contributed by atoms with Gasteiger partial charge in [0.05, 0.1) is 0 Å². The zero-order valence-corrected chi connectivity index (χ0v) is 12.8. The molecule has 21 heavy (non-hydrogen) atoms. The molecule has 2 aliphatic rings. The quantitative estimate of drug-likeness (QED) is 0.925. The van der Waals surface area contributed by atoms with Crippen LogP contribution in [0.25, 0.3) is 0 Å². The Labute approximate surface area is 127 Å². The summed E-state index contributed by atoms with van der Waals surface area (Å²) in [5, 5.41) is 9.00. The third-order valence-electron chi connectivity index (χ3n) is 5.34. The number of nitrogens with zero attached hydrogens (tertiary/aromatic N) is 1. The van der Waals surface area contributed by atoms with Gasteiger partial charge < -0.3 is 5.11 Å². The van der Waals surface area contributed by atoms with Crippen LogP contribution in [0.15, 0.2) is 24.3 Å². The fourth-order valence-corrected chi connectivity index (χ4v) is 4.07. The Balaban J connectivity index is 1.61. The fraction of sp³-hybridized carbons (Fsp3) is 0.611. The van der Waals surface area contributed by atoms with Gasteiger partial charge in [-0.1, -0.05) is 31.2 Å². The van der Waals surface area contributed by atoms with Gasteiger partial charge in [-0.2, -0.15) is 0 Å². The van der Waals surface area contributed by atoms with Gasteiger partial charge in [-0.25, -0.2) is 0 Å². The molecule has 0 aromatic heterocycles. The van der Waals surface area contributed by atoms with Gasteiger partial charge in [-0.3, -0.25) is 9.69 Å². The van der Waals surface area contributed by atoms with Gasteiger partial charge in [0.25, 0.3) is 0 Å². The number of carboxylic acid groups (broad SMARTS) is 1. The molecule has 1 heterocycles. The van der Waals surface area contributed by atoms with Crippen molar-refractivity contribution in [2.75, 3.05) is 13.1 Å². The maximum atomic E-state index is 10.9. The number of rotatable bonds is 4. The smallest absolute Gasteiger partial charge is 0.303 e. The highest BCUT2D eigenvalue weighted by Gasteiger charge is 2.32. The molecule has 1 aromatic carbocycles. The Hall–Kier alpha value is -1.35. The van der Waals surface area contributed by atoms with Crippen LogP contribution in [0.3, 0.4) is 0 Å². The summed E-state index contributed by atoms with van der Waals surface area (Å²) in [4.78, 5) is 13.5. The van der Waals surface area contributed by atoms with Crippen LogP contribution in [-0.4, -0.2) is 35.1 Å². The lowest BCUT2D eigenvalue weighted by Crippen LogP contribution is -2.44. The number of hydrogen-bond donors (Lipinski definition) is 1. The van der Waals surface area contributed by atoms with Crippen molar-refractivity contribution in [2.24, 2.45) is 11.8 Å². The van der Waals surface area contributed by atoms with Crippen LogP contribution in [0.1, 0.15) is 37.3 Å². The molecule has 114 valence electrons. The highest BCUT2D eigenvalue weighted by Crippen LogP contribution is 2.31. The molecule has 1 N–H and O–H groups in total. The van der Waals surface area contributed by atoms with E-state index in [-0.39, 0.29) is 5.92 Å². The number of benzene rings is 1. The first-order valence-electron chi connectivity index (χ1n) is 8.16. The number of hydrogen-bond acceptors (Lipinski definition) is 2. The van der Waals surface area contributed by atoms with Crippen LogP contribution < -0.4 is 0 Å². The van der Waals surface area contributed by atoms with Crippen LogP contribution in [0, 0.1) is 11.8 Å². The zero-order valence-electron chi connectivity index (χ0n) is 12.8. The van der Waals surface area contributed by atoms with E-state index in [1.165, 1.54) is 30.5 Å². The van der Waals surface area contributed by atoms with E-state index in [4.69, 9.17) is 5.11 Å². The molecule has 0 spiro atoms. The van der Waals surface area contributed by atoms with Crippen LogP contribution in [0.4, 0.5) is 0 Å². The van der Waals surface area contributed by atoms with Gasteiger partial charge in [0, 0.05) is 19.0 Å². The minimum Gasteiger partial charge on any atom is -0.481 e. The molecule has 1 aromatic rings. The van der Waals surface area contributed by atoms with Crippen molar-refractivity contribution in [1.29, 1.82) is 0 Å². The number of carboxylic acids is 1. The van der Waals surface area contributed by atoms with E-state index in [1.54, 1.807) is 0 Å². The molecular formula is C18H25NO2. The van der Waals surface area contributed by atoms with Crippen molar-refractivity contribution in [3.8, 4) is 0 Å². The van der Waals surface area contributed by atoms with Crippen LogP contribution in [0.2, 0.25) is 0 Å². The van der Waals surface area contributed by atoms with Crippen LogP contribution in [-0.2, 0) is 17.6 Å². The highest BCUT2D eigenvalue weighted by molar-refractivity contribution is 5.67. The molecule has 3 rings (SSSR count). The second-order valence-electron chi connectivity index (χ2n) is 6.80. The third-order valence-corrected chi connectivity index (χ3v) is 5.34. The Morgan fingerprint density at radius 3 is 2.62 bits per heavy atom. The SMILES string of the molecule is CC(CC(=O)O)C1CCCN(C2Cc3ccccc3C2)C1. The second kappa shape index (κ2) is 6.18. The van der Waals surface area contributed by atoms with Crippen LogP contribution >= 0.6 is 0 Å². The molecule has 3 heteroatoms. The zero-order chi connectivity index (χ0) is 14.8. The summed E-state index contributed by atoms with van der Waals surface area (Å²) in [6.07, 6.45) is 5.03. The van der Waals surface area contributed by atoms with Gasteiger partial charge in [0.15, 0.2) is 0 Å². The first-order valence-corrected chi connectivity index (χ1v) is 8.16.